The van der Waals surface area contributed by atoms with Gasteiger partial charge in [-0.2, -0.15) is 0 Å². The Balaban J connectivity index is 1.93. The summed E-state index contributed by atoms with van der Waals surface area (Å²) in [7, 11) is 0. The molecule has 0 saturated carbocycles. The van der Waals surface area contributed by atoms with Crippen LogP contribution in [0.25, 0.3) is 0 Å². The van der Waals surface area contributed by atoms with Crippen LogP contribution in [0.5, 0.6) is 0 Å². The summed E-state index contributed by atoms with van der Waals surface area (Å²) in [4.78, 5) is 5.11. The molecule has 0 aliphatic carbocycles. The van der Waals surface area contributed by atoms with Gasteiger partial charge in [-0.3, -0.25) is 0 Å². The van der Waals surface area contributed by atoms with Gasteiger partial charge in [-0.05, 0) is 18.1 Å². The number of hydrogen-bond acceptors (Lipinski definition) is 3. The number of rotatable bonds is 5. The highest BCUT2D eigenvalue weighted by molar-refractivity contribution is 7.91. The molecular weight excluding hydrogens is 346 g/mol. The van der Waals surface area contributed by atoms with E-state index >= 15 is 0 Å². The van der Waals surface area contributed by atoms with Crippen molar-refractivity contribution in [3.05, 3.63) is 86.8 Å². The van der Waals surface area contributed by atoms with Crippen LogP contribution in [0.1, 0.15) is 26.3 Å². The summed E-state index contributed by atoms with van der Waals surface area (Å²) in [6, 6.07) is 19.9. The van der Waals surface area contributed by atoms with Gasteiger partial charge in [-0.15, -0.1) is 11.3 Å². The molecule has 2 aromatic carbocycles. The van der Waals surface area contributed by atoms with Crippen molar-refractivity contribution in [3.8, 4) is 0 Å². The molecule has 1 aromatic heterocycles. The Hall–Kier alpha value is -1.33. The van der Waals surface area contributed by atoms with Crippen LogP contribution in [0.2, 0.25) is 5.15 Å². The maximum atomic E-state index is 13.1. The third-order valence-electron chi connectivity index (χ3n) is 3.50. The topological polar surface area (TPSA) is 36.0 Å². The van der Waals surface area contributed by atoms with Crippen molar-refractivity contribution in [3.63, 3.8) is 0 Å². The molecule has 0 aliphatic rings. The molecule has 118 valence electrons. The van der Waals surface area contributed by atoms with Crippen molar-refractivity contribution >= 4 is 34.1 Å². The first kappa shape index (κ1) is 16.5. The summed E-state index contributed by atoms with van der Waals surface area (Å²) < 4.78 is 13.1. The SMILES string of the molecule is Cc1nc(Cl)c(C[S+]([O-])C(c2ccccc2)c2ccccc2)s1. The number of hydrogen-bond donors (Lipinski definition) is 0. The normalized spacial score (nSPS) is 12.5. The first-order valence-electron chi connectivity index (χ1n) is 7.24. The standard InChI is InChI=1S/C18H16ClNOS2/c1-13-20-18(19)16(22-13)12-23(21)17(14-8-4-2-5-9-14)15-10-6-3-7-11-15/h2-11,17H,12H2,1H3. The highest BCUT2D eigenvalue weighted by Gasteiger charge is 2.28. The Bertz CT molecular complexity index is 722. The van der Waals surface area contributed by atoms with Gasteiger partial charge in [0.2, 0.25) is 0 Å². The number of aromatic nitrogens is 1. The Morgan fingerprint density at radius 2 is 1.57 bits per heavy atom. The van der Waals surface area contributed by atoms with E-state index in [1.807, 2.05) is 67.6 Å². The number of halogens is 1. The lowest BCUT2D eigenvalue weighted by Gasteiger charge is -2.22. The highest BCUT2D eigenvalue weighted by Crippen LogP contribution is 2.35. The lowest BCUT2D eigenvalue weighted by Crippen LogP contribution is -2.16. The van der Waals surface area contributed by atoms with Gasteiger partial charge in [-0.1, -0.05) is 72.3 Å². The Labute approximate surface area is 148 Å². The fraction of sp³-hybridized carbons (Fsp3) is 0.167. The molecule has 1 unspecified atom stereocenters. The van der Waals surface area contributed by atoms with Crippen LogP contribution in [0, 0.1) is 6.92 Å². The van der Waals surface area contributed by atoms with Crippen LogP contribution < -0.4 is 0 Å². The quantitative estimate of drug-likeness (QED) is 0.589. The summed E-state index contributed by atoms with van der Waals surface area (Å²) in [6.07, 6.45) is 0. The molecule has 2 nitrogen and oxygen atoms in total. The van der Waals surface area contributed by atoms with Crippen LogP contribution in [0.4, 0.5) is 0 Å². The summed E-state index contributed by atoms with van der Waals surface area (Å²) in [5.74, 6) is 0.415. The largest absolute Gasteiger partial charge is 0.615 e. The Kier molecular flexibility index (Phi) is 5.38. The van der Waals surface area contributed by atoms with E-state index < -0.39 is 11.2 Å². The zero-order chi connectivity index (χ0) is 16.2. The summed E-state index contributed by atoms with van der Waals surface area (Å²) in [5, 5.41) is 1.20. The van der Waals surface area contributed by atoms with Gasteiger partial charge in [0, 0.05) is 11.1 Å². The minimum Gasteiger partial charge on any atom is -0.615 e. The monoisotopic (exact) mass is 361 g/mol. The molecule has 0 radical (unpaired) electrons. The number of aryl methyl sites for hydroxylation is 1. The number of benzene rings is 2. The van der Waals surface area contributed by atoms with E-state index in [-0.39, 0.29) is 5.25 Å². The van der Waals surface area contributed by atoms with Crippen LogP contribution >= 0.6 is 22.9 Å². The molecule has 0 fully saturated rings. The zero-order valence-corrected chi connectivity index (χ0v) is 15.0. The van der Waals surface area contributed by atoms with Crippen molar-refractivity contribution in [2.24, 2.45) is 0 Å². The molecule has 0 amide bonds. The molecule has 3 rings (SSSR count). The van der Waals surface area contributed by atoms with E-state index in [2.05, 4.69) is 4.98 Å². The summed E-state index contributed by atoms with van der Waals surface area (Å²) in [6.45, 7) is 1.91. The Morgan fingerprint density at radius 3 is 2.00 bits per heavy atom. The summed E-state index contributed by atoms with van der Waals surface area (Å²) >= 11 is 6.54. The van der Waals surface area contributed by atoms with Gasteiger partial charge in [0.1, 0.15) is 10.9 Å². The maximum Gasteiger partial charge on any atom is 0.166 e. The van der Waals surface area contributed by atoms with Crippen molar-refractivity contribution in [1.29, 1.82) is 0 Å². The molecule has 0 saturated heterocycles. The van der Waals surface area contributed by atoms with Crippen molar-refractivity contribution < 1.29 is 4.55 Å². The second-order valence-corrected chi connectivity index (χ2v) is 8.34. The predicted octanol–water partition coefficient (Wildman–Crippen LogP) is 5.14. The van der Waals surface area contributed by atoms with E-state index in [0.717, 1.165) is 21.0 Å². The second-order valence-electron chi connectivity index (χ2n) is 5.17. The third-order valence-corrected chi connectivity index (χ3v) is 6.72. The lowest BCUT2D eigenvalue weighted by molar-refractivity contribution is 0.587. The third kappa shape index (κ3) is 3.96. The van der Waals surface area contributed by atoms with Gasteiger partial charge in [0.25, 0.3) is 0 Å². The van der Waals surface area contributed by atoms with Crippen LogP contribution in [0.3, 0.4) is 0 Å². The van der Waals surface area contributed by atoms with Gasteiger partial charge in [0.05, 0.1) is 9.88 Å². The fourth-order valence-electron chi connectivity index (χ4n) is 2.50. The number of thiazole rings is 1. The first-order chi connectivity index (χ1) is 11.1. The van der Waals surface area contributed by atoms with Gasteiger partial charge in [0.15, 0.2) is 5.25 Å². The van der Waals surface area contributed by atoms with Crippen molar-refractivity contribution in [2.75, 3.05) is 0 Å². The molecule has 5 heteroatoms. The fourth-order valence-corrected chi connectivity index (χ4v) is 5.63. The van der Waals surface area contributed by atoms with E-state index in [0.29, 0.717) is 10.9 Å². The van der Waals surface area contributed by atoms with E-state index in [9.17, 15) is 4.55 Å². The van der Waals surface area contributed by atoms with Crippen molar-refractivity contribution in [2.45, 2.75) is 17.9 Å². The van der Waals surface area contributed by atoms with Gasteiger partial charge < -0.3 is 4.55 Å². The van der Waals surface area contributed by atoms with Crippen molar-refractivity contribution in [1.82, 2.24) is 4.98 Å². The van der Waals surface area contributed by atoms with E-state index in [1.54, 1.807) is 0 Å². The molecular formula is C18H16ClNOS2. The smallest absolute Gasteiger partial charge is 0.166 e. The average Bonchev–Trinajstić information content (AvgIpc) is 2.87. The molecule has 0 N–H and O–H groups in total. The molecule has 23 heavy (non-hydrogen) atoms. The maximum absolute atomic E-state index is 13.1. The second kappa shape index (κ2) is 7.49. The van der Waals surface area contributed by atoms with E-state index in [1.165, 1.54) is 11.3 Å². The first-order valence-corrected chi connectivity index (χ1v) is 9.81. The average molecular weight is 362 g/mol. The van der Waals surface area contributed by atoms with Gasteiger partial charge in [-0.25, -0.2) is 4.98 Å². The van der Waals surface area contributed by atoms with E-state index in [4.69, 9.17) is 11.6 Å². The number of nitrogens with zero attached hydrogens (tertiary/aromatic N) is 1. The minimum atomic E-state index is -1.12. The Morgan fingerprint density at radius 1 is 1.04 bits per heavy atom. The molecule has 0 spiro atoms. The molecule has 1 atom stereocenters. The minimum absolute atomic E-state index is 0.170. The molecule has 0 aliphatic heterocycles. The van der Waals surface area contributed by atoms with Crippen LogP contribution in [-0.2, 0) is 16.9 Å². The van der Waals surface area contributed by atoms with Crippen LogP contribution in [-0.4, -0.2) is 9.54 Å². The molecule has 1 heterocycles. The summed E-state index contributed by atoms with van der Waals surface area (Å²) in [5.41, 5.74) is 2.10. The molecule has 3 aromatic rings. The molecule has 0 bridgehead atoms. The zero-order valence-electron chi connectivity index (χ0n) is 12.6. The van der Waals surface area contributed by atoms with Gasteiger partial charge >= 0.3 is 0 Å². The van der Waals surface area contributed by atoms with Crippen LogP contribution in [0.15, 0.2) is 60.7 Å². The predicted molar refractivity (Wildman–Crippen MR) is 98.4 cm³/mol. The lowest BCUT2D eigenvalue weighted by atomic mass is 10.0. The highest BCUT2D eigenvalue weighted by atomic mass is 35.5.